The summed E-state index contributed by atoms with van der Waals surface area (Å²) in [4.78, 5) is 9.55. The summed E-state index contributed by atoms with van der Waals surface area (Å²) in [5, 5.41) is 6.33. The minimum Gasteiger partial charge on any atom is -0.313 e. The number of thiophene rings is 1. The Hall–Kier alpha value is -8.64. The molecule has 5 heteroatoms. The van der Waals surface area contributed by atoms with Gasteiger partial charge in [-0.25, -0.2) is 0 Å². The van der Waals surface area contributed by atoms with Crippen molar-refractivity contribution in [1.29, 1.82) is 0 Å². The molecule has 0 fully saturated rings. The molecule has 0 saturated carbocycles. The van der Waals surface area contributed by atoms with Crippen LogP contribution in [0.4, 0.5) is 0 Å². The van der Waals surface area contributed by atoms with Crippen LogP contribution in [0.25, 0.3) is 121 Å². The van der Waals surface area contributed by atoms with Gasteiger partial charge in [-0.05, 0) is 149 Å². The van der Waals surface area contributed by atoms with Crippen LogP contribution < -0.4 is 0 Å². The van der Waals surface area contributed by atoms with Crippen molar-refractivity contribution in [1.82, 2.24) is 19.1 Å². The number of nitrogens with zero attached hydrogens (tertiary/aromatic N) is 4. The fourth-order valence-corrected chi connectivity index (χ4v) is 12.1. The zero-order valence-corrected chi connectivity index (χ0v) is 38.4. The maximum Gasteiger partial charge on any atom is 0.0708 e. The molecule has 4 nitrogen and oxygen atoms in total. The lowest BCUT2D eigenvalue weighted by Crippen LogP contribution is -2.05. The molecule has 0 N–H and O–H groups in total. The molecule has 0 atom stereocenters. The van der Waals surface area contributed by atoms with Crippen molar-refractivity contribution in [3.05, 3.63) is 242 Å². The molecule has 0 radical (unpaired) electrons. The number of fused-ring (bicyclic) bond motifs is 9. The molecule has 69 heavy (non-hydrogen) atoms. The topological polar surface area (TPSA) is 35.6 Å². The second kappa shape index (κ2) is 16.0. The van der Waals surface area contributed by atoms with Gasteiger partial charge in [-0.1, -0.05) is 115 Å². The molecule has 0 saturated heterocycles. The molecule has 0 bridgehead atoms. The highest BCUT2D eigenvalue weighted by atomic mass is 32.1. The Kier molecular flexibility index (Phi) is 9.17. The molecule has 1 aliphatic rings. The van der Waals surface area contributed by atoms with Gasteiger partial charge in [-0.2, -0.15) is 0 Å². The van der Waals surface area contributed by atoms with Gasteiger partial charge in [0.2, 0.25) is 0 Å². The van der Waals surface area contributed by atoms with E-state index in [9.17, 15) is 0 Å². The van der Waals surface area contributed by atoms with Crippen molar-refractivity contribution in [3.63, 3.8) is 0 Å². The number of hydrogen-bond donors (Lipinski definition) is 0. The van der Waals surface area contributed by atoms with E-state index in [1.807, 2.05) is 35.9 Å². The molecule has 13 aromatic rings. The maximum atomic E-state index is 4.78. The van der Waals surface area contributed by atoms with Gasteiger partial charge in [-0.15, -0.1) is 11.3 Å². The van der Waals surface area contributed by atoms with Gasteiger partial charge in [-0.3, -0.25) is 9.97 Å². The minimum atomic E-state index is 0.905. The molecule has 0 spiro atoms. The third-order valence-electron chi connectivity index (χ3n) is 14.2. The lowest BCUT2D eigenvalue weighted by atomic mass is 9.87. The molecule has 1 aliphatic carbocycles. The van der Waals surface area contributed by atoms with Gasteiger partial charge in [0.15, 0.2) is 0 Å². The first-order valence-electron chi connectivity index (χ1n) is 23.7. The highest BCUT2D eigenvalue weighted by molar-refractivity contribution is 7.25. The first kappa shape index (κ1) is 39.5. The van der Waals surface area contributed by atoms with E-state index in [-0.39, 0.29) is 0 Å². The number of aromatic nitrogens is 4. The lowest BCUT2D eigenvalue weighted by molar-refractivity contribution is 0.899. The third-order valence-corrected chi connectivity index (χ3v) is 15.3. The summed E-state index contributed by atoms with van der Waals surface area (Å²) in [6, 6.07) is 77.3. The first-order valence-corrected chi connectivity index (χ1v) is 24.5. The Morgan fingerprint density at radius 1 is 0.362 bits per heavy atom. The number of hydrogen-bond acceptors (Lipinski definition) is 3. The average molecular weight is 899 g/mol. The van der Waals surface area contributed by atoms with Crippen LogP contribution in [0.2, 0.25) is 0 Å². The predicted molar refractivity (Wildman–Crippen MR) is 290 cm³/mol. The van der Waals surface area contributed by atoms with Gasteiger partial charge >= 0.3 is 0 Å². The summed E-state index contributed by atoms with van der Waals surface area (Å²) in [6.45, 7) is 0. The van der Waals surface area contributed by atoms with Crippen molar-refractivity contribution < 1.29 is 0 Å². The molecule has 0 amide bonds. The molecule has 0 unspecified atom stereocenters. The van der Waals surface area contributed by atoms with Gasteiger partial charge < -0.3 is 9.13 Å². The van der Waals surface area contributed by atoms with Gasteiger partial charge in [0.25, 0.3) is 0 Å². The molecule has 324 valence electrons. The van der Waals surface area contributed by atoms with Crippen molar-refractivity contribution >= 4 is 75.9 Å². The van der Waals surface area contributed by atoms with Crippen molar-refractivity contribution in [2.45, 2.75) is 12.8 Å². The van der Waals surface area contributed by atoms with Crippen LogP contribution in [0.1, 0.15) is 23.2 Å². The van der Waals surface area contributed by atoms with Crippen LogP contribution in [0.15, 0.2) is 225 Å². The van der Waals surface area contributed by atoms with Gasteiger partial charge in [0, 0.05) is 82.5 Å². The second-order valence-corrected chi connectivity index (χ2v) is 19.1. The predicted octanol–water partition coefficient (Wildman–Crippen LogP) is 17.0. The Morgan fingerprint density at radius 3 is 1.68 bits per heavy atom. The zero-order chi connectivity index (χ0) is 45.4. The van der Waals surface area contributed by atoms with Crippen LogP contribution in [0.5, 0.6) is 0 Å². The average Bonchev–Trinajstić information content (AvgIpc) is 4.08. The number of rotatable bonds is 7. The Bertz CT molecular complexity index is 4180. The molecular weight excluding hydrogens is 857 g/mol. The van der Waals surface area contributed by atoms with Crippen molar-refractivity contribution in [3.8, 4) is 56.1 Å². The van der Waals surface area contributed by atoms with E-state index in [2.05, 4.69) is 215 Å². The summed E-state index contributed by atoms with van der Waals surface area (Å²) in [6.07, 6.45) is 8.05. The molecule has 0 aliphatic heterocycles. The van der Waals surface area contributed by atoms with Crippen LogP contribution in [-0.4, -0.2) is 19.1 Å². The summed E-state index contributed by atoms with van der Waals surface area (Å²) >= 11 is 1.87. The normalized spacial score (nSPS) is 12.6. The van der Waals surface area contributed by atoms with E-state index in [0.717, 1.165) is 35.4 Å². The van der Waals surface area contributed by atoms with Crippen molar-refractivity contribution in [2.75, 3.05) is 0 Å². The summed E-state index contributed by atoms with van der Waals surface area (Å²) in [7, 11) is 0. The summed E-state index contributed by atoms with van der Waals surface area (Å²) in [5.74, 6) is 0. The maximum absolute atomic E-state index is 4.78. The summed E-state index contributed by atoms with van der Waals surface area (Å²) < 4.78 is 7.51. The van der Waals surface area contributed by atoms with Gasteiger partial charge in [0.05, 0.1) is 27.9 Å². The number of benzene rings is 8. The van der Waals surface area contributed by atoms with Crippen LogP contribution >= 0.6 is 11.3 Å². The number of pyridine rings is 2. The Labute approximate surface area is 403 Å². The summed E-state index contributed by atoms with van der Waals surface area (Å²) in [5.41, 5.74) is 20.2. The monoisotopic (exact) mass is 898 g/mol. The largest absolute Gasteiger partial charge is 0.313 e. The van der Waals surface area contributed by atoms with E-state index < -0.39 is 0 Å². The minimum absolute atomic E-state index is 0.905. The van der Waals surface area contributed by atoms with Crippen LogP contribution in [0.3, 0.4) is 0 Å². The molecule has 5 heterocycles. The molecule has 14 rings (SSSR count). The lowest BCUT2D eigenvalue weighted by Gasteiger charge is -2.19. The number of para-hydroxylation sites is 2. The Balaban J connectivity index is 0.932. The van der Waals surface area contributed by atoms with E-state index in [1.165, 1.54) is 109 Å². The molecule has 8 aromatic carbocycles. The highest BCUT2D eigenvalue weighted by Gasteiger charge is 2.25. The fraction of sp³-hybridized carbons (Fsp3) is 0.0312. The molecular formula is C64H42N4S. The van der Waals surface area contributed by atoms with E-state index in [4.69, 9.17) is 9.97 Å². The van der Waals surface area contributed by atoms with Crippen LogP contribution in [0, 0.1) is 0 Å². The van der Waals surface area contributed by atoms with E-state index >= 15 is 0 Å². The third kappa shape index (κ3) is 6.50. The van der Waals surface area contributed by atoms with Crippen molar-refractivity contribution in [2.24, 2.45) is 0 Å². The molecule has 5 aromatic heterocycles. The first-order chi connectivity index (χ1) is 34.2. The standard InChI is InChI=1S/C64H42N4S/c1-2-14-45(15-3-1)67-59-23-9-8-20-51(59)52-36-41(24-29-60(52)67)42-27-32-63-55(37-42)56-40-46(28-33-64(56)69-63)68-61-30-25-43(47-16-4-6-18-49(47)57-21-10-12-34-65-57)38-53(61)54-39-44(26-31-62(54)68)48-17-5-7-19-50(48)58-22-11-13-35-66-58/h1-25,27-30,32-40H,26,31H2. The van der Waals surface area contributed by atoms with E-state index in [1.54, 1.807) is 0 Å². The SMILES string of the molecule is C1=C(c2ccccc2-c2ccccn2)CCc2c1c1cc(-c3ccccc3-c3ccccn3)ccc1n2-c1ccc2sc3ccc(-c4ccc5c(c4)c4ccccc4n5-c4ccccc4)cc3c2c1. The zero-order valence-electron chi connectivity index (χ0n) is 37.6. The quantitative estimate of drug-likeness (QED) is 0.160. The van der Waals surface area contributed by atoms with Crippen LogP contribution in [-0.2, 0) is 6.42 Å². The second-order valence-electron chi connectivity index (χ2n) is 18.0. The Morgan fingerprint density at radius 2 is 0.928 bits per heavy atom. The smallest absolute Gasteiger partial charge is 0.0708 e. The van der Waals surface area contributed by atoms with E-state index in [0.29, 0.717) is 0 Å². The highest BCUT2D eigenvalue weighted by Crippen LogP contribution is 2.45. The fourth-order valence-electron chi connectivity index (χ4n) is 11.0. The number of allylic oxidation sites excluding steroid dienone is 1. The van der Waals surface area contributed by atoms with Gasteiger partial charge in [0.1, 0.15) is 0 Å².